The zero-order valence-corrected chi connectivity index (χ0v) is 9.00. The lowest BCUT2D eigenvalue weighted by atomic mass is 10.1. The second-order valence-electron chi connectivity index (χ2n) is 3.46. The zero-order valence-electron chi connectivity index (χ0n) is 9.00. The lowest BCUT2D eigenvalue weighted by Crippen LogP contribution is -1.92. The van der Waals surface area contributed by atoms with E-state index >= 15 is 0 Å². The van der Waals surface area contributed by atoms with Gasteiger partial charge in [-0.25, -0.2) is 0 Å². The van der Waals surface area contributed by atoms with Crippen LogP contribution in [0.3, 0.4) is 0 Å². The maximum absolute atomic E-state index is 10.2. The van der Waals surface area contributed by atoms with Gasteiger partial charge in [-0.1, -0.05) is 30.3 Å². The lowest BCUT2D eigenvalue weighted by molar-refractivity contribution is -0.104. The summed E-state index contributed by atoms with van der Waals surface area (Å²) < 4.78 is 1.83. The fourth-order valence-corrected chi connectivity index (χ4v) is 1.57. The van der Waals surface area contributed by atoms with Crippen LogP contribution in [0.5, 0.6) is 0 Å². The number of benzene rings is 1. The van der Waals surface area contributed by atoms with Crippen molar-refractivity contribution in [3.63, 3.8) is 0 Å². The van der Waals surface area contributed by atoms with Crippen molar-refractivity contribution in [3.8, 4) is 11.3 Å². The Kier molecular flexibility index (Phi) is 2.96. The number of carbonyl (C=O) groups is 1. The summed E-state index contributed by atoms with van der Waals surface area (Å²) in [4.78, 5) is 10.2. The lowest BCUT2D eigenvalue weighted by Gasteiger charge is -2.02. The molecule has 0 aliphatic rings. The number of rotatable bonds is 3. The topological polar surface area (TPSA) is 34.9 Å². The Morgan fingerprint density at radius 2 is 1.94 bits per heavy atom. The summed E-state index contributed by atoms with van der Waals surface area (Å²) in [6, 6.07) is 9.95. The molecule has 0 N–H and O–H groups in total. The van der Waals surface area contributed by atoms with Crippen molar-refractivity contribution in [1.29, 1.82) is 0 Å². The quantitative estimate of drug-likeness (QED) is 0.578. The van der Waals surface area contributed by atoms with E-state index in [-0.39, 0.29) is 0 Å². The maximum atomic E-state index is 10.2. The molecule has 0 spiro atoms. The van der Waals surface area contributed by atoms with Crippen molar-refractivity contribution >= 4 is 12.4 Å². The number of nitrogens with zero attached hydrogens (tertiary/aromatic N) is 2. The minimum atomic E-state index is 0.773. The highest BCUT2D eigenvalue weighted by Crippen LogP contribution is 2.18. The van der Waals surface area contributed by atoms with E-state index in [2.05, 4.69) is 5.10 Å². The van der Waals surface area contributed by atoms with Crippen LogP contribution in [0.15, 0.2) is 42.6 Å². The van der Waals surface area contributed by atoms with E-state index in [1.165, 1.54) is 6.08 Å². The molecular formula is C13H12N2O. The first-order valence-electron chi connectivity index (χ1n) is 5.01. The number of aldehydes is 1. The van der Waals surface area contributed by atoms with Gasteiger partial charge in [0, 0.05) is 13.2 Å². The van der Waals surface area contributed by atoms with E-state index in [1.54, 1.807) is 12.3 Å². The third kappa shape index (κ3) is 2.08. The van der Waals surface area contributed by atoms with Crippen LogP contribution < -0.4 is 0 Å². The molecule has 1 heterocycles. The molecule has 1 aromatic heterocycles. The predicted molar refractivity (Wildman–Crippen MR) is 63.7 cm³/mol. The first-order valence-corrected chi connectivity index (χ1v) is 5.01. The molecule has 0 radical (unpaired) electrons. The fourth-order valence-electron chi connectivity index (χ4n) is 1.57. The van der Waals surface area contributed by atoms with E-state index in [0.717, 1.165) is 23.1 Å². The number of aryl methyl sites for hydroxylation is 1. The van der Waals surface area contributed by atoms with Gasteiger partial charge >= 0.3 is 0 Å². The van der Waals surface area contributed by atoms with Crippen LogP contribution in [-0.4, -0.2) is 16.1 Å². The highest BCUT2D eigenvalue weighted by atomic mass is 16.1. The summed E-state index contributed by atoms with van der Waals surface area (Å²) in [7, 11) is 1.91. The highest BCUT2D eigenvalue weighted by Gasteiger charge is 2.00. The first kappa shape index (κ1) is 10.4. The molecule has 0 saturated heterocycles. The first-order chi connectivity index (χ1) is 7.81. The Bertz CT molecular complexity index is 509. The van der Waals surface area contributed by atoms with Gasteiger partial charge in [-0.2, -0.15) is 5.10 Å². The molecule has 1 aromatic carbocycles. The molecule has 0 bridgehead atoms. The number of hydrogen-bond acceptors (Lipinski definition) is 2. The summed E-state index contributed by atoms with van der Waals surface area (Å²) in [6.07, 6.45) is 5.81. The third-order valence-corrected chi connectivity index (χ3v) is 2.39. The molecule has 0 aliphatic heterocycles. The van der Waals surface area contributed by atoms with Gasteiger partial charge < -0.3 is 0 Å². The number of aromatic nitrogens is 2. The van der Waals surface area contributed by atoms with Gasteiger partial charge in [0.05, 0.1) is 5.69 Å². The van der Waals surface area contributed by atoms with Gasteiger partial charge in [0.1, 0.15) is 6.29 Å². The molecular weight excluding hydrogens is 200 g/mol. The Hall–Kier alpha value is -2.16. The van der Waals surface area contributed by atoms with E-state index in [0.29, 0.717) is 0 Å². The van der Waals surface area contributed by atoms with Crippen molar-refractivity contribution in [2.24, 2.45) is 7.05 Å². The van der Waals surface area contributed by atoms with Crippen molar-refractivity contribution in [2.45, 2.75) is 0 Å². The minimum absolute atomic E-state index is 0.773. The van der Waals surface area contributed by atoms with Crippen molar-refractivity contribution in [1.82, 2.24) is 9.78 Å². The average molecular weight is 212 g/mol. The van der Waals surface area contributed by atoms with E-state index in [9.17, 15) is 4.79 Å². The minimum Gasteiger partial charge on any atom is -0.299 e. The van der Waals surface area contributed by atoms with E-state index in [1.807, 2.05) is 42.1 Å². The van der Waals surface area contributed by atoms with Crippen molar-refractivity contribution in [2.75, 3.05) is 0 Å². The molecule has 0 amide bonds. The summed E-state index contributed by atoms with van der Waals surface area (Å²) in [5.41, 5.74) is 3.20. The molecule has 16 heavy (non-hydrogen) atoms. The monoisotopic (exact) mass is 212 g/mol. The van der Waals surface area contributed by atoms with Crippen LogP contribution >= 0.6 is 0 Å². The second-order valence-corrected chi connectivity index (χ2v) is 3.46. The average Bonchev–Trinajstić information content (AvgIpc) is 2.74. The number of hydrogen-bond donors (Lipinski definition) is 0. The second kappa shape index (κ2) is 4.57. The Morgan fingerprint density at radius 1 is 1.19 bits per heavy atom. The van der Waals surface area contributed by atoms with Gasteiger partial charge in [-0.15, -0.1) is 0 Å². The number of allylic oxidation sites excluding steroid dienone is 1. The van der Waals surface area contributed by atoms with Gasteiger partial charge in [0.15, 0.2) is 0 Å². The van der Waals surface area contributed by atoms with Crippen LogP contribution in [0, 0.1) is 0 Å². The fraction of sp³-hybridized carbons (Fsp3) is 0.0769. The normalized spacial score (nSPS) is 10.8. The van der Waals surface area contributed by atoms with Crippen molar-refractivity contribution in [3.05, 3.63) is 48.2 Å². The maximum Gasteiger partial charge on any atom is 0.142 e. The van der Waals surface area contributed by atoms with E-state index < -0.39 is 0 Å². The highest BCUT2D eigenvalue weighted by molar-refractivity contribution is 5.74. The smallest absolute Gasteiger partial charge is 0.142 e. The van der Waals surface area contributed by atoms with Crippen LogP contribution in [0.4, 0.5) is 0 Å². The molecule has 0 fully saturated rings. The largest absolute Gasteiger partial charge is 0.299 e. The molecule has 0 saturated carbocycles. The molecule has 80 valence electrons. The summed E-state index contributed by atoms with van der Waals surface area (Å²) >= 11 is 0. The molecule has 0 atom stereocenters. The number of carbonyl (C=O) groups excluding carboxylic acids is 1. The molecule has 3 nitrogen and oxygen atoms in total. The SMILES string of the molecule is Cn1nccc1-c1ccc(/C=C/C=O)cc1. The molecule has 0 unspecified atom stereocenters. The third-order valence-electron chi connectivity index (χ3n) is 2.39. The zero-order chi connectivity index (χ0) is 11.4. The summed E-state index contributed by atoms with van der Waals surface area (Å²) in [6.45, 7) is 0. The van der Waals surface area contributed by atoms with Gasteiger partial charge in [0.25, 0.3) is 0 Å². The van der Waals surface area contributed by atoms with Crippen LogP contribution in [0.25, 0.3) is 17.3 Å². The van der Waals surface area contributed by atoms with Gasteiger partial charge in [-0.05, 0) is 23.3 Å². The Morgan fingerprint density at radius 3 is 2.50 bits per heavy atom. The standard InChI is InChI=1S/C13H12N2O/c1-15-13(8-9-14-15)12-6-4-11(5-7-12)3-2-10-16/h2-10H,1H3/b3-2+. The molecule has 2 rings (SSSR count). The summed E-state index contributed by atoms with van der Waals surface area (Å²) in [5.74, 6) is 0. The van der Waals surface area contributed by atoms with Crippen LogP contribution in [-0.2, 0) is 11.8 Å². The molecule has 0 aliphatic carbocycles. The van der Waals surface area contributed by atoms with Crippen molar-refractivity contribution < 1.29 is 4.79 Å². The van der Waals surface area contributed by atoms with Gasteiger partial charge in [0.2, 0.25) is 0 Å². The van der Waals surface area contributed by atoms with E-state index in [4.69, 9.17) is 0 Å². The Labute approximate surface area is 94.0 Å². The Balaban J connectivity index is 2.29. The predicted octanol–water partition coefficient (Wildman–Crippen LogP) is 2.30. The molecule has 3 heteroatoms. The molecule has 2 aromatic rings. The van der Waals surface area contributed by atoms with Crippen LogP contribution in [0.1, 0.15) is 5.56 Å². The van der Waals surface area contributed by atoms with Crippen LogP contribution in [0.2, 0.25) is 0 Å². The summed E-state index contributed by atoms with van der Waals surface area (Å²) in [5, 5.41) is 4.12. The van der Waals surface area contributed by atoms with Gasteiger partial charge in [-0.3, -0.25) is 9.48 Å².